The minimum atomic E-state index is -1.30. The number of ketones is 1. The Hall–Kier alpha value is -0.700. The van der Waals surface area contributed by atoms with Crippen LogP contribution in [0.5, 0.6) is 0 Å². The Morgan fingerprint density at radius 3 is 2.60 bits per heavy atom. The van der Waals surface area contributed by atoms with E-state index in [1.807, 2.05) is 0 Å². The van der Waals surface area contributed by atoms with E-state index in [0.717, 1.165) is 19.3 Å². The molecule has 0 bridgehead atoms. The van der Waals surface area contributed by atoms with Crippen LogP contribution in [0.4, 0.5) is 4.39 Å². The van der Waals surface area contributed by atoms with Crippen molar-refractivity contribution in [3.63, 3.8) is 0 Å². The van der Waals surface area contributed by atoms with Crippen molar-refractivity contribution >= 4 is 5.78 Å². The van der Waals surface area contributed by atoms with E-state index in [9.17, 15) is 14.3 Å². The molecule has 9 atom stereocenters. The molecule has 0 saturated heterocycles. The van der Waals surface area contributed by atoms with Gasteiger partial charge in [-0.1, -0.05) is 26.8 Å². The molecule has 0 aromatic heterocycles. The van der Waals surface area contributed by atoms with E-state index in [0.29, 0.717) is 35.0 Å². The molecule has 3 saturated carbocycles. The maximum Gasteiger partial charge on any atom is 0.189 e. The van der Waals surface area contributed by atoms with Crippen LogP contribution in [0, 0.1) is 46.3 Å². The number of carbonyl (C=O) groups excluding carboxylic acids is 1. The van der Waals surface area contributed by atoms with Gasteiger partial charge in [0, 0.05) is 12.5 Å². The molecule has 4 aliphatic carbocycles. The molecule has 4 aliphatic rings. The number of rotatable bonds is 2. The molecule has 4 rings (SSSR count). The van der Waals surface area contributed by atoms with Crippen LogP contribution in [-0.2, 0) is 4.79 Å². The molecule has 1 unspecified atom stereocenters. The first-order valence-corrected chi connectivity index (χ1v) is 10.3. The van der Waals surface area contributed by atoms with Gasteiger partial charge in [-0.15, -0.1) is 0 Å². The lowest BCUT2D eigenvalue weighted by atomic mass is 9.45. The number of hydrogen-bond donors (Lipinski definition) is 1. The van der Waals surface area contributed by atoms with Gasteiger partial charge < -0.3 is 5.11 Å². The summed E-state index contributed by atoms with van der Waals surface area (Å²) in [5, 5.41) is 9.70. The highest BCUT2D eigenvalue weighted by atomic mass is 19.1. The van der Waals surface area contributed by atoms with Crippen LogP contribution >= 0.6 is 0 Å². The fraction of sp³-hybridized carbons (Fsp3) is 0.864. The smallest absolute Gasteiger partial charge is 0.189 e. The third kappa shape index (κ3) is 2.33. The highest BCUT2D eigenvalue weighted by Crippen LogP contribution is 2.67. The lowest BCUT2D eigenvalue weighted by Gasteiger charge is -2.59. The number of aliphatic hydroxyl groups excluding tert-OH is 1. The highest BCUT2D eigenvalue weighted by molar-refractivity contribution is 5.95. The van der Waals surface area contributed by atoms with E-state index in [2.05, 4.69) is 26.8 Å². The summed E-state index contributed by atoms with van der Waals surface area (Å²) in [6.07, 6.45) is 9.05. The number of aliphatic hydroxyl groups is 1. The summed E-state index contributed by atoms with van der Waals surface area (Å²) in [6.45, 7) is 7.17. The van der Waals surface area contributed by atoms with Crippen molar-refractivity contribution in [3.8, 4) is 0 Å². The maximum atomic E-state index is 14.6. The lowest BCUT2D eigenvalue weighted by Crippen LogP contribution is -2.55. The highest BCUT2D eigenvalue weighted by Gasteiger charge is 2.61. The molecular weight excluding hydrogens is 315 g/mol. The van der Waals surface area contributed by atoms with Gasteiger partial charge in [-0.05, 0) is 85.0 Å². The van der Waals surface area contributed by atoms with Crippen molar-refractivity contribution in [2.45, 2.75) is 65.5 Å². The molecule has 0 aromatic carbocycles. The van der Waals surface area contributed by atoms with Crippen LogP contribution in [-0.4, -0.2) is 23.7 Å². The average Bonchev–Trinajstić information content (AvgIpc) is 2.95. The van der Waals surface area contributed by atoms with E-state index in [1.54, 1.807) is 0 Å². The maximum absolute atomic E-state index is 14.6. The van der Waals surface area contributed by atoms with Gasteiger partial charge in [0.1, 0.15) is 0 Å². The fourth-order valence-corrected chi connectivity index (χ4v) is 7.78. The zero-order valence-electron chi connectivity index (χ0n) is 15.9. The molecule has 3 heteroatoms. The summed E-state index contributed by atoms with van der Waals surface area (Å²) in [5.74, 6) is 2.42. The van der Waals surface area contributed by atoms with Crippen LogP contribution in [0.25, 0.3) is 0 Å². The fourth-order valence-electron chi connectivity index (χ4n) is 7.78. The summed E-state index contributed by atoms with van der Waals surface area (Å²) in [6, 6.07) is 0. The van der Waals surface area contributed by atoms with E-state index in [1.165, 1.54) is 25.3 Å². The van der Waals surface area contributed by atoms with Crippen LogP contribution in [0.3, 0.4) is 0 Å². The third-order valence-corrected chi connectivity index (χ3v) is 9.13. The Morgan fingerprint density at radius 2 is 1.88 bits per heavy atom. The van der Waals surface area contributed by atoms with Gasteiger partial charge in [-0.2, -0.15) is 0 Å². The number of alkyl halides is 1. The Balaban J connectivity index is 1.64. The van der Waals surface area contributed by atoms with Crippen LogP contribution in [0.15, 0.2) is 12.2 Å². The first-order valence-electron chi connectivity index (χ1n) is 10.3. The molecule has 2 nitrogen and oxygen atoms in total. The largest absolute Gasteiger partial charge is 0.396 e. The zero-order chi connectivity index (χ0) is 18.0. The molecule has 0 amide bonds. The van der Waals surface area contributed by atoms with Crippen LogP contribution in [0.2, 0.25) is 0 Å². The first-order chi connectivity index (χ1) is 11.8. The van der Waals surface area contributed by atoms with Gasteiger partial charge in [0.15, 0.2) is 12.0 Å². The molecule has 0 radical (unpaired) electrons. The Bertz CT molecular complexity index is 587. The molecule has 3 fully saturated rings. The quantitative estimate of drug-likeness (QED) is 0.794. The second-order valence-corrected chi connectivity index (χ2v) is 9.95. The van der Waals surface area contributed by atoms with Crippen LogP contribution in [0.1, 0.15) is 59.3 Å². The summed E-state index contributed by atoms with van der Waals surface area (Å²) >= 11 is 0. The van der Waals surface area contributed by atoms with Crippen LogP contribution < -0.4 is 0 Å². The van der Waals surface area contributed by atoms with Crippen molar-refractivity contribution in [1.82, 2.24) is 0 Å². The number of halogens is 1. The van der Waals surface area contributed by atoms with Gasteiger partial charge in [-0.3, -0.25) is 4.79 Å². The molecule has 0 heterocycles. The summed E-state index contributed by atoms with van der Waals surface area (Å²) in [4.78, 5) is 11.9. The number of hydrogen-bond acceptors (Lipinski definition) is 2. The number of fused-ring (bicyclic) bond motifs is 5. The Morgan fingerprint density at radius 1 is 1.16 bits per heavy atom. The SMILES string of the molecule is C[C@H](CO)[C@H]1CC[C@H]2[C@@H]3CC[C@H]4C(F)C(=O)C=C[C@]4(C)[C@H]3CC[C@]12C. The van der Waals surface area contributed by atoms with Crippen molar-refractivity contribution in [3.05, 3.63) is 12.2 Å². The Kier molecular flexibility index (Phi) is 4.18. The number of allylic oxidation sites excluding steroid dienone is 2. The molecular formula is C22H33FO2. The minimum absolute atomic E-state index is 0.121. The predicted octanol–water partition coefficient (Wildman–Crippen LogP) is 4.57. The second kappa shape index (κ2) is 5.90. The average molecular weight is 349 g/mol. The normalized spacial score (nSPS) is 53.1. The zero-order valence-corrected chi connectivity index (χ0v) is 15.9. The Labute approximate surface area is 151 Å². The number of carbonyl (C=O) groups is 1. The van der Waals surface area contributed by atoms with Gasteiger partial charge in [-0.25, -0.2) is 4.39 Å². The van der Waals surface area contributed by atoms with Gasteiger partial charge >= 0.3 is 0 Å². The minimum Gasteiger partial charge on any atom is -0.396 e. The topological polar surface area (TPSA) is 37.3 Å². The molecule has 140 valence electrons. The molecule has 1 N–H and O–H groups in total. The second-order valence-electron chi connectivity index (χ2n) is 9.95. The van der Waals surface area contributed by atoms with Gasteiger partial charge in [0.05, 0.1) is 0 Å². The lowest BCUT2D eigenvalue weighted by molar-refractivity contribution is -0.133. The van der Waals surface area contributed by atoms with E-state index < -0.39 is 6.17 Å². The van der Waals surface area contributed by atoms with Gasteiger partial charge in [0.2, 0.25) is 0 Å². The summed E-state index contributed by atoms with van der Waals surface area (Å²) in [5.41, 5.74) is 0.175. The van der Waals surface area contributed by atoms with E-state index in [4.69, 9.17) is 0 Å². The van der Waals surface area contributed by atoms with Crippen molar-refractivity contribution in [2.75, 3.05) is 6.61 Å². The third-order valence-electron chi connectivity index (χ3n) is 9.13. The molecule has 0 aromatic rings. The first kappa shape index (κ1) is 17.7. The van der Waals surface area contributed by atoms with E-state index >= 15 is 0 Å². The molecule has 0 spiro atoms. The standard InChI is InChI=1S/C22H33FO2/c1-13(12-24)15-6-7-16-14-4-5-18-20(23)19(25)9-11-22(18,3)17(14)8-10-21(15,16)2/h9,11,13-18,20,24H,4-8,10,12H2,1-3H3/t13-,14+,15-,16+,17+,18+,20?,21-,22-/m1/s1. The monoisotopic (exact) mass is 348 g/mol. The summed E-state index contributed by atoms with van der Waals surface area (Å²) < 4.78 is 14.6. The summed E-state index contributed by atoms with van der Waals surface area (Å²) in [7, 11) is 0. The predicted molar refractivity (Wildman–Crippen MR) is 96.7 cm³/mol. The molecule has 0 aliphatic heterocycles. The van der Waals surface area contributed by atoms with Gasteiger partial charge in [0.25, 0.3) is 0 Å². The van der Waals surface area contributed by atoms with E-state index in [-0.39, 0.29) is 23.7 Å². The van der Waals surface area contributed by atoms with Crippen molar-refractivity contribution < 1.29 is 14.3 Å². The molecule has 25 heavy (non-hydrogen) atoms. The van der Waals surface area contributed by atoms with Crippen molar-refractivity contribution in [1.29, 1.82) is 0 Å². The van der Waals surface area contributed by atoms with Crippen molar-refractivity contribution in [2.24, 2.45) is 46.3 Å².